The van der Waals surface area contributed by atoms with Crippen LogP contribution in [-0.4, -0.2) is 48.1 Å². The minimum Gasteiger partial charge on any atom is -0.496 e. The second kappa shape index (κ2) is 9.20. The molecule has 3 heterocycles. The van der Waals surface area contributed by atoms with E-state index >= 15 is 0 Å². The Morgan fingerprint density at radius 3 is 2.45 bits per heavy atom. The van der Waals surface area contributed by atoms with Crippen molar-refractivity contribution >= 4 is 11.0 Å². The number of aromatic nitrogens is 1. The Hall–Kier alpha value is -2.70. The first kappa shape index (κ1) is 21.5. The van der Waals surface area contributed by atoms with Crippen molar-refractivity contribution in [2.45, 2.75) is 40.3 Å². The Morgan fingerprint density at radius 2 is 1.77 bits per heavy atom. The molecule has 1 aliphatic heterocycles. The van der Waals surface area contributed by atoms with Gasteiger partial charge in [-0.25, -0.2) is 4.79 Å². The van der Waals surface area contributed by atoms with E-state index in [1.165, 1.54) is 5.56 Å². The van der Waals surface area contributed by atoms with Crippen LogP contribution in [0.3, 0.4) is 0 Å². The molecule has 0 N–H and O–H groups in total. The smallest absolute Gasteiger partial charge is 0.336 e. The highest BCUT2D eigenvalue weighted by molar-refractivity contribution is 5.80. The number of methoxy groups -OCH3 is 1. The van der Waals surface area contributed by atoms with Gasteiger partial charge in [0.1, 0.15) is 11.3 Å². The number of aryl methyl sites for hydroxylation is 2. The summed E-state index contributed by atoms with van der Waals surface area (Å²) in [5, 5.41) is 1.05. The summed E-state index contributed by atoms with van der Waals surface area (Å²) in [6.07, 6.45) is 2.86. The maximum Gasteiger partial charge on any atom is 0.336 e. The molecule has 31 heavy (non-hydrogen) atoms. The summed E-state index contributed by atoms with van der Waals surface area (Å²) in [6.45, 7) is 11.7. The van der Waals surface area contributed by atoms with Gasteiger partial charge in [-0.1, -0.05) is 13.0 Å². The summed E-state index contributed by atoms with van der Waals surface area (Å²) in [4.78, 5) is 21.6. The Labute approximate surface area is 183 Å². The van der Waals surface area contributed by atoms with Crippen LogP contribution in [-0.2, 0) is 19.5 Å². The van der Waals surface area contributed by atoms with E-state index in [0.717, 1.165) is 79.2 Å². The first-order chi connectivity index (χ1) is 15.0. The van der Waals surface area contributed by atoms with Crippen LogP contribution in [0.1, 0.15) is 34.9 Å². The number of benzene rings is 1. The van der Waals surface area contributed by atoms with Crippen LogP contribution in [0.5, 0.6) is 5.75 Å². The molecule has 0 radical (unpaired) electrons. The summed E-state index contributed by atoms with van der Waals surface area (Å²) in [5.74, 6) is 0.935. The average Bonchev–Trinajstić information content (AvgIpc) is 2.77. The summed E-state index contributed by atoms with van der Waals surface area (Å²) in [6, 6.07) is 7.76. The molecule has 1 aromatic carbocycles. The third kappa shape index (κ3) is 4.65. The lowest BCUT2D eigenvalue weighted by atomic mass is 10.0. The first-order valence-corrected chi connectivity index (χ1v) is 11.0. The zero-order valence-electron chi connectivity index (χ0n) is 18.9. The van der Waals surface area contributed by atoms with Crippen LogP contribution in [0.2, 0.25) is 0 Å². The van der Waals surface area contributed by atoms with E-state index < -0.39 is 0 Å². The fourth-order valence-electron chi connectivity index (χ4n) is 4.41. The highest BCUT2D eigenvalue weighted by Gasteiger charge is 2.20. The predicted molar refractivity (Wildman–Crippen MR) is 123 cm³/mol. The topological polar surface area (TPSA) is 58.8 Å². The van der Waals surface area contributed by atoms with Crippen LogP contribution in [0.15, 0.2) is 39.7 Å². The van der Waals surface area contributed by atoms with Crippen LogP contribution >= 0.6 is 0 Å². The largest absolute Gasteiger partial charge is 0.496 e. The molecule has 1 aliphatic rings. The predicted octanol–water partition coefficient (Wildman–Crippen LogP) is 3.69. The molecule has 1 saturated heterocycles. The van der Waals surface area contributed by atoms with Crippen LogP contribution < -0.4 is 10.4 Å². The van der Waals surface area contributed by atoms with Gasteiger partial charge >= 0.3 is 5.63 Å². The van der Waals surface area contributed by atoms with E-state index in [9.17, 15) is 4.79 Å². The van der Waals surface area contributed by atoms with Crippen molar-refractivity contribution in [1.82, 2.24) is 14.8 Å². The van der Waals surface area contributed by atoms with Crippen molar-refractivity contribution in [2.24, 2.45) is 0 Å². The Balaban J connectivity index is 1.44. The lowest BCUT2D eigenvalue weighted by Crippen LogP contribution is -2.45. The minimum atomic E-state index is -0.278. The molecule has 0 aliphatic carbocycles. The highest BCUT2D eigenvalue weighted by atomic mass is 16.5. The van der Waals surface area contributed by atoms with Gasteiger partial charge in [0.2, 0.25) is 0 Å². The molecule has 0 saturated carbocycles. The molecule has 0 unspecified atom stereocenters. The van der Waals surface area contributed by atoms with Crippen molar-refractivity contribution in [3.8, 4) is 5.75 Å². The molecule has 3 aromatic rings. The second-order valence-corrected chi connectivity index (χ2v) is 8.37. The fraction of sp³-hybridized carbons (Fsp3) is 0.440. The van der Waals surface area contributed by atoms with Gasteiger partial charge in [0.15, 0.2) is 0 Å². The molecule has 2 aromatic heterocycles. The zero-order chi connectivity index (χ0) is 22.0. The Bertz CT molecular complexity index is 1130. The average molecular weight is 422 g/mol. The third-order valence-electron chi connectivity index (χ3n) is 6.28. The fourth-order valence-corrected chi connectivity index (χ4v) is 4.41. The Kier molecular flexibility index (Phi) is 6.39. The molecule has 0 bridgehead atoms. The standard InChI is InChI=1S/C25H31N3O3/c1-5-19-6-7-23-21(12-19)20(13-24(29)31-23)15-27-8-10-28(11-9-27)16-22-18(3)25(30-4)17(2)14-26-22/h6-7,12-14H,5,8-11,15-16H2,1-4H3. The lowest BCUT2D eigenvalue weighted by molar-refractivity contribution is 0.121. The molecule has 164 valence electrons. The molecule has 0 amide bonds. The molecule has 0 atom stereocenters. The molecular formula is C25H31N3O3. The van der Waals surface area contributed by atoms with Crippen LogP contribution in [0, 0.1) is 13.8 Å². The van der Waals surface area contributed by atoms with Gasteiger partial charge in [-0.2, -0.15) is 0 Å². The number of fused-ring (bicyclic) bond motifs is 1. The van der Waals surface area contributed by atoms with Gasteiger partial charge in [-0.3, -0.25) is 14.8 Å². The summed E-state index contributed by atoms with van der Waals surface area (Å²) >= 11 is 0. The van der Waals surface area contributed by atoms with E-state index in [-0.39, 0.29) is 5.63 Å². The summed E-state index contributed by atoms with van der Waals surface area (Å²) in [5.41, 5.74) is 5.97. The van der Waals surface area contributed by atoms with Gasteiger partial charge in [-0.15, -0.1) is 0 Å². The maximum atomic E-state index is 12.1. The van der Waals surface area contributed by atoms with Gasteiger partial charge in [-0.05, 0) is 43.5 Å². The maximum absolute atomic E-state index is 12.1. The number of hydrogen-bond acceptors (Lipinski definition) is 6. The molecule has 6 heteroatoms. The van der Waals surface area contributed by atoms with Crippen molar-refractivity contribution in [3.63, 3.8) is 0 Å². The van der Waals surface area contributed by atoms with Crippen LogP contribution in [0.4, 0.5) is 0 Å². The van der Waals surface area contributed by atoms with Gasteiger partial charge in [0.05, 0.1) is 12.8 Å². The zero-order valence-corrected chi connectivity index (χ0v) is 18.9. The molecule has 6 nitrogen and oxygen atoms in total. The monoisotopic (exact) mass is 421 g/mol. The molecule has 0 spiro atoms. The molecule has 1 fully saturated rings. The number of piperazine rings is 1. The Morgan fingerprint density at radius 1 is 1.06 bits per heavy atom. The number of hydrogen-bond donors (Lipinski definition) is 0. The second-order valence-electron chi connectivity index (χ2n) is 8.37. The summed E-state index contributed by atoms with van der Waals surface area (Å²) < 4.78 is 11.0. The van der Waals surface area contributed by atoms with Crippen molar-refractivity contribution in [2.75, 3.05) is 33.3 Å². The number of rotatable bonds is 6. The number of pyridine rings is 1. The van der Waals surface area contributed by atoms with E-state index in [2.05, 4.69) is 34.7 Å². The van der Waals surface area contributed by atoms with Gasteiger partial charge < -0.3 is 9.15 Å². The van der Waals surface area contributed by atoms with Crippen LogP contribution in [0.25, 0.3) is 11.0 Å². The number of ether oxygens (including phenoxy) is 1. The first-order valence-electron chi connectivity index (χ1n) is 11.0. The van der Waals surface area contributed by atoms with Gasteiger partial charge in [0.25, 0.3) is 0 Å². The van der Waals surface area contributed by atoms with E-state index in [1.54, 1.807) is 13.2 Å². The lowest BCUT2D eigenvalue weighted by Gasteiger charge is -2.35. The van der Waals surface area contributed by atoms with Crippen molar-refractivity contribution in [1.29, 1.82) is 0 Å². The van der Waals surface area contributed by atoms with E-state index in [1.807, 2.05) is 25.3 Å². The highest BCUT2D eigenvalue weighted by Crippen LogP contribution is 2.25. The van der Waals surface area contributed by atoms with Crippen molar-refractivity contribution < 1.29 is 9.15 Å². The number of nitrogens with zero attached hydrogens (tertiary/aromatic N) is 3. The van der Waals surface area contributed by atoms with Gasteiger partial charge in [0, 0.05) is 68.0 Å². The SMILES string of the molecule is CCc1ccc2oc(=O)cc(CN3CCN(Cc4ncc(C)c(OC)c4C)CC3)c2c1. The van der Waals surface area contributed by atoms with E-state index in [4.69, 9.17) is 9.15 Å². The minimum absolute atomic E-state index is 0.278. The summed E-state index contributed by atoms with van der Waals surface area (Å²) in [7, 11) is 1.72. The quantitative estimate of drug-likeness (QED) is 0.566. The molecule has 4 rings (SSSR count). The molecular weight excluding hydrogens is 390 g/mol. The normalized spacial score (nSPS) is 15.5. The van der Waals surface area contributed by atoms with E-state index in [0.29, 0.717) is 5.58 Å². The third-order valence-corrected chi connectivity index (χ3v) is 6.28. The van der Waals surface area contributed by atoms with Crippen molar-refractivity contribution in [3.05, 3.63) is 68.8 Å².